The van der Waals surface area contributed by atoms with Gasteiger partial charge in [0.15, 0.2) is 5.90 Å². The highest BCUT2D eigenvalue weighted by atomic mass is 16.5. The van der Waals surface area contributed by atoms with Gasteiger partial charge < -0.3 is 9.47 Å². The number of nitrogens with zero attached hydrogens (tertiary/aromatic N) is 1. The Bertz CT molecular complexity index is 214. The van der Waals surface area contributed by atoms with Gasteiger partial charge in [-0.15, -0.1) is 0 Å². The lowest BCUT2D eigenvalue weighted by molar-refractivity contribution is -0.141. The molecule has 0 saturated heterocycles. The molecule has 0 saturated carbocycles. The Morgan fingerprint density at radius 2 is 1.75 bits per heavy atom. The second kappa shape index (κ2) is 10.5. The van der Waals surface area contributed by atoms with Crippen molar-refractivity contribution in [1.29, 1.82) is 0 Å². The molecule has 0 aliphatic rings. The van der Waals surface area contributed by atoms with Crippen LogP contribution in [0.4, 0.5) is 0 Å². The predicted octanol–water partition coefficient (Wildman–Crippen LogP) is 2.56. The van der Waals surface area contributed by atoms with Gasteiger partial charge in [0.25, 0.3) is 0 Å². The molecular formula is C12H23NO3. The first-order chi connectivity index (χ1) is 7.74. The summed E-state index contributed by atoms with van der Waals surface area (Å²) in [4.78, 5) is 15.5. The van der Waals surface area contributed by atoms with Gasteiger partial charge >= 0.3 is 5.97 Å². The Kier molecular flexibility index (Phi) is 9.76. The van der Waals surface area contributed by atoms with E-state index in [2.05, 4.69) is 11.9 Å². The minimum absolute atomic E-state index is 0.147. The van der Waals surface area contributed by atoms with E-state index in [9.17, 15) is 4.79 Å². The minimum atomic E-state index is -0.273. The average molecular weight is 229 g/mol. The van der Waals surface area contributed by atoms with Crippen molar-refractivity contribution >= 4 is 11.9 Å². The quantitative estimate of drug-likeness (QED) is 0.278. The van der Waals surface area contributed by atoms with E-state index in [1.165, 1.54) is 0 Å². The Labute approximate surface area is 98.0 Å². The Hall–Kier alpha value is -1.06. The second-order valence-electron chi connectivity index (χ2n) is 3.40. The number of carbonyl (C=O) groups excluding carboxylic acids is 1. The van der Waals surface area contributed by atoms with Crippen LogP contribution in [-0.2, 0) is 14.3 Å². The fourth-order valence-corrected chi connectivity index (χ4v) is 1.22. The number of carbonyl (C=O) groups is 1. The molecule has 16 heavy (non-hydrogen) atoms. The van der Waals surface area contributed by atoms with Crippen LogP contribution in [0.1, 0.15) is 46.5 Å². The van der Waals surface area contributed by atoms with E-state index in [1.54, 1.807) is 6.92 Å². The van der Waals surface area contributed by atoms with E-state index in [0.717, 1.165) is 25.8 Å². The zero-order valence-electron chi connectivity index (χ0n) is 10.6. The molecule has 4 nitrogen and oxygen atoms in total. The Morgan fingerprint density at radius 1 is 1.06 bits per heavy atom. The van der Waals surface area contributed by atoms with Crippen LogP contribution >= 0.6 is 0 Å². The molecule has 0 N–H and O–H groups in total. The summed E-state index contributed by atoms with van der Waals surface area (Å²) in [6, 6.07) is 0. The second-order valence-corrected chi connectivity index (χ2v) is 3.40. The number of aliphatic imine (C=N–C) groups is 1. The van der Waals surface area contributed by atoms with E-state index >= 15 is 0 Å². The highest BCUT2D eigenvalue weighted by Crippen LogP contribution is 1.98. The van der Waals surface area contributed by atoms with Crippen LogP contribution in [-0.4, -0.2) is 31.6 Å². The van der Waals surface area contributed by atoms with Crippen molar-refractivity contribution in [3.63, 3.8) is 0 Å². The van der Waals surface area contributed by atoms with Gasteiger partial charge in [0.2, 0.25) is 0 Å². The van der Waals surface area contributed by atoms with Crippen molar-refractivity contribution in [1.82, 2.24) is 0 Å². The summed E-state index contributed by atoms with van der Waals surface area (Å²) in [5, 5.41) is 0. The summed E-state index contributed by atoms with van der Waals surface area (Å²) >= 11 is 0. The molecule has 0 rings (SSSR count). The van der Waals surface area contributed by atoms with Crippen LogP contribution in [0.3, 0.4) is 0 Å². The molecule has 0 aromatic carbocycles. The molecule has 0 aliphatic heterocycles. The zero-order valence-corrected chi connectivity index (χ0v) is 10.6. The van der Waals surface area contributed by atoms with Gasteiger partial charge in [0.05, 0.1) is 13.2 Å². The third-order valence-electron chi connectivity index (χ3n) is 1.96. The van der Waals surface area contributed by atoms with Crippen LogP contribution in [0.25, 0.3) is 0 Å². The van der Waals surface area contributed by atoms with Crippen LogP contribution in [0.5, 0.6) is 0 Å². The number of esters is 1. The maximum atomic E-state index is 11.2. The van der Waals surface area contributed by atoms with Gasteiger partial charge in [0, 0.05) is 6.54 Å². The van der Waals surface area contributed by atoms with Crippen LogP contribution in [0, 0.1) is 0 Å². The topological polar surface area (TPSA) is 47.9 Å². The van der Waals surface area contributed by atoms with Crippen LogP contribution in [0.2, 0.25) is 0 Å². The molecule has 0 atom stereocenters. The lowest BCUT2D eigenvalue weighted by Gasteiger charge is -2.07. The first kappa shape index (κ1) is 14.9. The van der Waals surface area contributed by atoms with Crippen LogP contribution in [0.15, 0.2) is 4.99 Å². The maximum Gasteiger partial charge on any atom is 0.315 e. The third-order valence-corrected chi connectivity index (χ3v) is 1.96. The highest BCUT2D eigenvalue weighted by molar-refractivity contribution is 5.94. The van der Waals surface area contributed by atoms with Crippen molar-refractivity contribution < 1.29 is 14.3 Å². The van der Waals surface area contributed by atoms with Crippen molar-refractivity contribution in [2.45, 2.75) is 46.5 Å². The molecule has 94 valence electrons. The number of hydrogen-bond acceptors (Lipinski definition) is 4. The fourth-order valence-electron chi connectivity index (χ4n) is 1.22. The molecule has 0 spiro atoms. The summed E-state index contributed by atoms with van der Waals surface area (Å²) in [6.07, 6.45) is 3.50. The van der Waals surface area contributed by atoms with E-state index in [4.69, 9.17) is 9.47 Å². The van der Waals surface area contributed by atoms with Crippen molar-refractivity contribution in [3.8, 4) is 0 Å². The predicted molar refractivity (Wildman–Crippen MR) is 64.7 cm³/mol. The highest BCUT2D eigenvalue weighted by Gasteiger charge is 2.08. The monoisotopic (exact) mass is 229 g/mol. The largest absolute Gasteiger partial charge is 0.481 e. The average Bonchev–Trinajstić information content (AvgIpc) is 2.25. The molecule has 0 aromatic rings. The number of ether oxygens (including phenoxy) is 2. The van der Waals surface area contributed by atoms with Gasteiger partial charge in [0.1, 0.15) is 6.42 Å². The molecule has 0 aliphatic carbocycles. The van der Waals surface area contributed by atoms with Gasteiger partial charge in [-0.25, -0.2) is 0 Å². The first-order valence-corrected chi connectivity index (χ1v) is 6.06. The Morgan fingerprint density at radius 3 is 2.31 bits per heavy atom. The molecule has 0 radical (unpaired) electrons. The van der Waals surface area contributed by atoms with Gasteiger partial charge in [-0.1, -0.05) is 19.8 Å². The summed E-state index contributed by atoms with van der Waals surface area (Å²) < 4.78 is 10.1. The smallest absolute Gasteiger partial charge is 0.315 e. The Balaban J connectivity index is 3.98. The lowest BCUT2D eigenvalue weighted by Crippen LogP contribution is -2.14. The molecule has 0 heterocycles. The van der Waals surface area contributed by atoms with E-state index in [-0.39, 0.29) is 12.4 Å². The van der Waals surface area contributed by atoms with Crippen molar-refractivity contribution in [2.24, 2.45) is 4.99 Å². The van der Waals surface area contributed by atoms with E-state index in [1.807, 2.05) is 6.92 Å². The number of rotatable bonds is 8. The number of unbranched alkanes of at least 4 members (excludes halogenated alkanes) is 2. The summed E-state index contributed by atoms with van der Waals surface area (Å²) in [7, 11) is 0. The minimum Gasteiger partial charge on any atom is -0.481 e. The zero-order chi connectivity index (χ0) is 12.2. The fraction of sp³-hybridized carbons (Fsp3) is 0.833. The van der Waals surface area contributed by atoms with Gasteiger partial charge in [-0.3, -0.25) is 9.79 Å². The normalized spacial score (nSPS) is 11.3. The van der Waals surface area contributed by atoms with Crippen LogP contribution < -0.4 is 0 Å². The van der Waals surface area contributed by atoms with Crippen molar-refractivity contribution in [2.75, 3.05) is 19.8 Å². The SMILES string of the molecule is CCCCCN=C(CC(=O)OCC)OCC. The van der Waals surface area contributed by atoms with E-state index in [0.29, 0.717) is 19.1 Å². The summed E-state index contributed by atoms with van der Waals surface area (Å²) in [5.41, 5.74) is 0. The molecule has 0 aromatic heterocycles. The van der Waals surface area contributed by atoms with E-state index < -0.39 is 0 Å². The molecule has 4 heteroatoms. The van der Waals surface area contributed by atoms with Gasteiger partial charge in [-0.2, -0.15) is 0 Å². The molecule has 0 bridgehead atoms. The molecule has 0 unspecified atom stereocenters. The molecule has 0 amide bonds. The number of hydrogen-bond donors (Lipinski definition) is 0. The molecule has 0 fully saturated rings. The third kappa shape index (κ3) is 8.26. The lowest BCUT2D eigenvalue weighted by atomic mass is 10.2. The van der Waals surface area contributed by atoms with Crippen molar-refractivity contribution in [3.05, 3.63) is 0 Å². The first-order valence-electron chi connectivity index (χ1n) is 6.06. The van der Waals surface area contributed by atoms with Gasteiger partial charge in [-0.05, 0) is 20.3 Å². The standard InChI is InChI=1S/C12H23NO3/c1-4-7-8-9-13-11(15-5-2)10-12(14)16-6-3/h4-10H2,1-3H3. The summed E-state index contributed by atoms with van der Waals surface area (Å²) in [6.45, 7) is 7.47. The molecular weight excluding hydrogens is 206 g/mol. The summed E-state index contributed by atoms with van der Waals surface area (Å²) in [5.74, 6) is 0.224. The maximum absolute atomic E-state index is 11.2.